The van der Waals surface area contributed by atoms with E-state index >= 15 is 0 Å². The molecule has 2 heteroatoms. The van der Waals surface area contributed by atoms with Crippen molar-refractivity contribution in [3.05, 3.63) is 36.8 Å². The van der Waals surface area contributed by atoms with Gasteiger partial charge in [0.25, 0.3) is 0 Å². The van der Waals surface area contributed by atoms with Crippen LogP contribution in [0.15, 0.2) is 36.8 Å². The largest absolute Gasteiger partial charge is 0.307 e. The van der Waals surface area contributed by atoms with Gasteiger partial charge in [-0.1, -0.05) is 33.8 Å². The van der Waals surface area contributed by atoms with Crippen LogP contribution in [0, 0.1) is 5.41 Å². The Bertz CT molecular complexity index is 346. The second-order valence-electron chi connectivity index (χ2n) is 4.89. The molecule has 0 N–H and O–H groups in total. The fourth-order valence-electron chi connectivity index (χ4n) is 0.864. The zero-order valence-corrected chi connectivity index (χ0v) is 9.36. The Balaban J connectivity index is 0.000000171. The monoisotopic (exact) mass is 190 g/mol. The summed E-state index contributed by atoms with van der Waals surface area (Å²) in [4.78, 5) is 4.08. The van der Waals surface area contributed by atoms with Crippen LogP contribution in [0.3, 0.4) is 0 Å². The Morgan fingerprint density at radius 2 is 1.71 bits per heavy atom. The standard InChI is InChI=1S/C7H6N2.C5H12/c1-2-5-9-6-4-8-7(9)3-1;1-5(2,3)4/h1-6H;1-4H3. The van der Waals surface area contributed by atoms with Crippen LogP contribution in [-0.4, -0.2) is 9.38 Å². The van der Waals surface area contributed by atoms with Crippen LogP contribution >= 0.6 is 0 Å². The minimum Gasteiger partial charge on any atom is -0.307 e. The van der Waals surface area contributed by atoms with Crippen molar-refractivity contribution in [1.29, 1.82) is 0 Å². The molecule has 0 aliphatic carbocycles. The summed E-state index contributed by atoms with van der Waals surface area (Å²) >= 11 is 0. The van der Waals surface area contributed by atoms with Gasteiger partial charge in [-0.3, -0.25) is 0 Å². The van der Waals surface area contributed by atoms with E-state index in [4.69, 9.17) is 0 Å². The van der Waals surface area contributed by atoms with Crippen LogP contribution in [0.5, 0.6) is 0 Å². The Morgan fingerprint density at radius 3 is 2.29 bits per heavy atom. The highest BCUT2D eigenvalue weighted by Crippen LogP contribution is 2.08. The molecule has 2 rings (SSSR count). The molecule has 0 aromatic carbocycles. The third-order valence-corrected chi connectivity index (χ3v) is 1.30. The summed E-state index contributed by atoms with van der Waals surface area (Å²) in [7, 11) is 0. The maximum Gasteiger partial charge on any atom is 0.136 e. The molecule has 0 unspecified atom stereocenters. The molecule has 0 amide bonds. The van der Waals surface area contributed by atoms with Crippen LogP contribution in [0.2, 0.25) is 0 Å². The van der Waals surface area contributed by atoms with Crippen molar-refractivity contribution in [3.8, 4) is 0 Å². The van der Waals surface area contributed by atoms with Gasteiger partial charge in [0.05, 0.1) is 0 Å². The van der Waals surface area contributed by atoms with E-state index in [9.17, 15) is 0 Å². The fourth-order valence-corrected chi connectivity index (χ4v) is 0.864. The van der Waals surface area contributed by atoms with E-state index in [0.717, 1.165) is 5.65 Å². The smallest absolute Gasteiger partial charge is 0.136 e. The van der Waals surface area contributed by atoms with Gasteiger partial charge in [0.2, 0.25) is 0 Å². The molecule has 0 bridgehead atoms. The van der Waals surface area contributed by atoms with Crippen LogP contribution < -0.4 is 0 Å². The molecular weight excluding hydrogens is 172 g/mol. The lowest BCUT2D eigenvalue weighted by atomic mass is 10.0. The highest BCUT2D eigenvalue weighted by Gasteiger charge is 1.95. The van der Waals surface area contributed by atoms with Gasteiger partial charge in [-0.2, -0.15) is 0 Å². The number of rotatable bonds is 0. The molecule has 2 heterocycles. The highest BCUT2D eigenvalue weighted by molar-refractivity contribution is 5.36. The van der Waals surface area contributed by atoms with E-state index in [1.807, 2.05) is 35.0 Å². The normalized spacial score (nSPS) is 10.9. The molecule has 0 aliphatic heterocycles. The Labute approximate surface area is 85.6 Å². The summed E-state index contributed by atoms with van der Waals surface area (Å²) in [6, 6.07) is 5.93. The first-order chi connectivity index (χ1) is 6.47. The van der Waals surface area contributed by atoms with Crippen molar-refractivity contribution in [3.63, 3.8) is 0 Å². The van der Waals surface area contributed by atoms with E-state index < -0.39 is 0 Å². The Kier molecular flexibility index (Phi) is 3.28. The van der Waals surface area contributed by atoms with Gasteiger partial charge in [-0.15, -0.1) is 0 Å². The van der Waals surface area contributed by atoms with Crippen molar-refractivity contribution in [2.75, 3.05) is 0 Å². The minimum absolute atomic E-state index is 0.500. The summed E-state index contributed by atoms with van der Waals surface area (Å²) in [5, 5.41) is 0. The van der Waals surface area contributed by atoms with E-state index in [-0.39, 0.29) is 0 Å². The number of fused-ring (bicyclic) bond motifs is 1. The van der Waals surface area contributed by atoms with E-state index in [2.05, 4.69) is 32.7 Å². The lowest BCUT2D eigenvalue weighted by Gasteiger charge is -2.05. The zero-order chi connectivity index (χ0) is 10.6. The summed E-state index contributed by atoms with van der Waals surface area (Å²) < 4.78 is 1.97. The van der Waals surface area contributed by atoms with Crippen LogP contribution in [0.1, 0.15) is 27.7 Å². The van der Waals surface area contributed by atoms with Gasteiger partial charge in [0, 0.05) is 18.6 Å². The molecule has 0 atom stereocenters. The first-order valence-electron chi connectivity index (χ1n) is 4.84. The van der Waals surface area contributed by atoms with Crippen LogP contribution in [0.25, 0.3) is 5.65 Å². The quantitative estimate of drug-likeness (QED) is 0.622. The second-order valence-corrected chi connectivity index (χ2v) is 4.89. The van der Waals surface area contributed by atoms with Crippen molar-refractivity contribution in [2.45, 2.75) is 27.7 Å². The summed E-state index contributed by atoms with van der Waals surface area (Å²) in [5.74, 6) is 0. The molecule has 2 nitrogen and oxygen atoms in total. The molecule has 0 fully saturated rings. The fraction of sp³-hybridized carbons (Fsp3) is 0.417. The van der Waals surface area contributed by atoms with E-state index in [1.54, 1.807) is 6.20 Å². The molecule has 0 spiro atoms. The van der Waals surface area contributed by atoms with Gasteiger partial charge in [0.1, 0.15) is 5.65 Å². The number of imidazole rings is 1. The first kappa shape index (κ1) is 10.8. The lowest BCUT2D eigenvalue weighted by molar-refractivity contribution is 0.469. The third-order valence-electron chi connectivity index (χ3n) is 1.30. The number of aromatic nitrogens is 2. The minimum atomic E-state index is 0.500. The average molecular weight is 190 g/mol. The first-order valence-corrected chi connectivity index (χ1v) is 4.84. The van der Waals surface area contributed by atoms with Crippen LogP contribution in [0.4, 0.5) is 0 Å². The molecule has 2 aromatic heterocycles. The zero-order valence-electron chi connectivity index (χ0n) is 9.36. The highest BCUT2D eigenvalue weighted by atomic mass is 15.0. The molecular formula is C12H18N2. The third kappa shape index (κ3) is 4.08. The summed E-state index contributed by atoms with van der Waals surface area (Å²) in [6.45, 7) is 8.75. The number of pyridine rings is 1. The molecule has 76 valence electrons. The van der Waals surface area contributed by atoms with Gasteiger partial charge >= 0.3 is 0 Å². The summed E-state index contributed by atoms with van der Waals surface area (Å²) in [6.07, 6.45) is 5.69. The number of hydrogen-bond donors (Lipinski definition) is 0. The Hall–Kier alpha value is -1.31. The van der Waals surface area contributed by atoms with Gasteiger partial charge in [-0.25, -0.2) is 4.98 Å². The Morgan fingerprint density at radius 1 is 1.07 bits per heavy atom. The summed E-state index contributed by atoms with van der Waals surface area (Å²) in [5.41, 5.74) is 1.50. The van der Waals surface area contributed by atoms with E-state index in [1.165, 1.54) is 0 Å². The molecule has 2 aromatic rings. The number of nitrogens with zero attached hydrogens (tertiary/aromatic N) is 2. The second kappa shape index (κ2) is 4.27. The number of hydrogen-bond acceptors (Lipinski definition) is 1. The molecule has 0 saturated carbocycles. The topological polar surface area (TPSA) is 17.3 Å². The maximum atomic E-state index is 4.08. The lowest BCUT2D eigenvalue weighted by Crippen LogP contribution is -1.93. The molecule has 0 aliphatic rings. The van der Waals surface area contributed by atoms with Gasteiger partial charge in [0.15, 0.2) is 0 Å². The van der Waals surface area contributed by atoms with Crippen molar-refractivity contribution < 1.29 is 0 Å². The average Bonchev–Trinajstić information content (AvgIpc) is 2.47. The predicted octanol–water partition coefficient (Wildman–Crippen LogP) is 3.39. The van der Waals surface area contributed by atoms with Crippen molar-refractivity contribution in [2.24, 2.45) is 5.41 Å². The molecule has 14 heavy (non-hydrogen) atoms. The SMILES string of the molecule is CC(C)(C)C.c1ccn2ccnc2c1. The van der Waals surface area contributed by atoms with Crippen LogP contribution in [-0.2, 0) is 0 Å². The molecule has 0 radical (unpaired) electrons. The molecule has 0 saturated heterocycles. The predicted molar refractivity (Wildman–Crippen MR) is 60.3 cm³/mol. The maximum absolute atomic E-state index is 4.08. The van der Waals surface area contributed by atoms with Gasteiger partial charge in [-0.05, 0) is 17.5 Å². The van der Waals surface area contributed by atoms with E-state index in [0.29, 0.717) is 5.41 Å². The van der Waals surface area contributed by atoms with Crippen molar-refractivity contribution in [1.82, 2.24) is 9.38 Å². The van der Waals surface area contributed by atoms with Crippen molar-refractivity contribution >= 4 is 5.65 Å². The van der Waals surface area contributed by atoms with Gasteiger partial charge < -0.3 is 4.40 Å².